The van der Waals surface area contributed by atoms with E-state index in [1.807, 2.05) is 18.2 Å². The van der Waals surface area contributed by atoms with Crippen molar-refractivity contribution in [2.24, 2.45) is 5.92 Å². The summed E-state index contributed by atoms with van der Waals surface area (Å²) in [6.07, 6.45) is 2.42. The van der Waals surface area contributed by atoms with Crippen LogP contribution in [0.25, 0.3) is 0 Å². The monoisotopic (exact) mass is 271 g/mol. The minimum absolute atomic E-state index is 0.751. The van der Waals surface area contributed by atoms with Gasteiger partial charge in [0, 0.05) is 11.6 Å². The van der Waals surface area contributed by atoms with Crippen molar-refractivity contribution in [2.45, 2.75) is 26.3 Å². The second-order valence-corrected chi connectivity index (χ2v) is 5.59. The first-order valence-corrected chi connectivity index (χ1v) is 7.17. The zero-order valence-corrected chi connectivity index (χ0v) is 12.3. The Bertz CT molecular complexity index is 330. The molecule has 0 aliphatic heterocycles. The van der Waals surface area contributed by atoms with Gasteiger partial charge in [0.25, 0.3) is 0 Å². The van der Waals surface area contributed by atoms with Crippen molar-refractivity contribution in [3.8, 4) is 0 Å². The zero-order valence-electron chi connectivity index (χ0n) is 10.7. The van der Waals surface area contributed by atoms with Crippen LogP contribution in [0.4, 0.5) is 0 Å². The molecule has 1 atom stereocenters. The van der Waals surface area contributed by atoms with Gasteiger partial charge in [-0.15, -0.1) is 0 Å². The summed E-state index contributed by atoms with van der Waals surface area (Å²) in [7, 11) is 2.15. The van der Waals surface area contributed by atoms with Crippen molar-refractivity contribution >= 4 is 24.2 Å². The molecule has 1 nitrogen and oxygen atoms in total. The van der Waals surface area contributed by atoms with Crippen molar-refractivity contribution in [3.63, 3.8) is 0 Å². The molecule has 0 amide bonds. The fourth-order valence-electron chi connectivity index (χ4n) is 1.80. The van der Waals surface area contributed by atoms with Gasteiger partial charge in [0.2, 0.25) is 0 Å². The molecule has 1 unspecified atom stereocenters. The first kappa shape index (κ1) is 14.9. The maximum atomic E-state index is 6.14. The van der Waals surface area contributed by atoms with E-state index in [1.54, 1.807) is 0 Å². The van der Waals surface area contributed by atoms with Gasteiger partial charge in [0.15, 0.2) is 0 Å². The third-order valence-electron chi connectivity index (χ3n) is 3.02. The van der Waals surface area contributed by atoms with E-state index in [4.69, 9.17) is 11.6 Å². The number of benzene rings is 1. The minimum atomic E-state index is 0.751. The Balaban J connectivity index is 2.34. The standard InChI is InChI=1S/C14H22ClNS/c1-12(8-10-17)7-9-16(2)11-13-5-3-4-6-14(13)15/h3-6,12,17H,7-11H2,1-2H3. The molecule has 1 aromatic carbocycles. The fraction of sp³-hybridized carbons (Fsp3) is 0.571. The minimum Gasteiger partial charge on any atom is -0.302 e. The molecule has 0 saturated heterocycles. The summed E-state index contributed by atoms with van der Waals surface area (Å²) < 4.78 is 0. The van der Waals surface area contributed by atoms with Crippen LogP contribution in [0.15, 0.2) is 24.3 Å². The summed E-state index contributed by atoms with van der Waals surface area (Å²) in [6, 6.07) is 8.06. The normalized spacial score (nSPS) is 13.0. The van der Waals surface area contributed by atoms with Gasteiger partial charge in [-0.25, -0.2) is 0 Å². The van der Waals surface area contributed by atoms with Crippen LogP contribution in [0, 0.1) is 5.92 Å². The SMILES string of the molecule is CC(CCS)CCN(C)Cc1ccccc1Cl. The van der Waals surface area contributed by atoms with E-state index in [1.165, 1.54) is 18.4 Å². The first-order valence-electron chi connectivity index (χ1n) is 6.16. The summed E-state index contributed by atoms with van der Waals surface area (Å²) in [4.78, 5) is 2.33. The molecule has 0 bridgehead atoms. The lowest BCUT2D eigenvalue weighted by Gasteiger charge is -2.19. The molecule has 0 radical (unpaired) electrons. The summed E-state index contributed by atoms with van der Waals surface area (Å²) in [5, 5.41) is 0.864. The highest BCUT2D eigenvalue weighted by Crippen LogP contribution is 2.17. The quantitative estimate of drug-likeness (QED) is 0.730. The first-order chi connectivity index (χ1) is 8.13. The van der Waals surface area contributed by atoms with Gasteiger partial charge in [0.1, 0.15) is 0 Å². The van der Waals surface area contributed by atoms with Crippen LogP contribution in [0.3, 0.4) is 0 Å². The Kier molecular flexibility index (Phi) is 7.02. The van der Waals surface area contributed by atoms with Crippen molar-refractivity contribution < 1.29 is 0 Å². The zero-order chi connectivity index (χ0) is 12.7. The predicted octanol–water partition coefficient (Wildman–Crippen LogP) is 4.12. The van der Waals surface area contributed by atoms with E-state index < -0.39 is 0 Å². The molecule has 1 aromatic rings. The molecule has 0 fully saturated rings. The third-order valence-corrected chi connectivity index (χ3v) is 3.65. The molecule has 17 heavy (non-hydrogen) atoms. The molecule has 0 saturated carbocycles. The molecular formula is C14H22ClNS. The highest BCUT2D eigenvalue weighted by molar-refractivity contribution is 7.80. The highest BCUT2D eigenvalue weighted by Gasteiger charge is 2.06. The Morgan fingerprint density at radius 3 is 2.65 bits per heavy atom. The van der Waals surface area contributed by atoms with Crippen LogP contribution in [-0.2, 0) is 6.54 Å². The van der Waals surface area contributed by atoms with E-state index in [9.17, 15) is 0 Å². The lowest BCUT2D eigenvalue weighted by Crippen LogP contribution is -2.21. The Hall–Kier alpha value is -0.180. The second-order valence-electron chi connectivity index (χ2n) is 4.74. The largest absolute Gasteiger partial charge is 0.302 e. The number of rotatable bonds is 7. The van der Waals surface area contributed by atoms with E-state index in [2.05, 4.69) is 37.6 Å². The molecule has 0 spiro atoms. The molecule has 1 rings (SSSR count). The van der Waals surface area contributed by atoms with Gasteiger partial charge in [-0.3, -0.25) is 0 Å². The van der Waals surface area contributed by atoms with Crippen molar-refractivity contribution in [2.75, 3.05) is 19.3 Å². The van der Waals surface area contributed by atoms with Gasteiger partial charge >= 0.3 is 0 Å². The fourth-order valence-corrected chi connectivity index (χ4v) is 2.44. The number of hydrogen-bond acceptors (Lipinski definition) is 2. The van der Waals surface area contributed by atoms with Crippen molar-refractivity contribution in [3.05, 3.63) is 34.9 Å². The topological polar surface area (TPSA) is 3.24 Å². The molecule has 0 aromatic heterocycles. The average molecular weight is 272 g/mol. The Morgan fingerprint density at radius 2 is 2.00 bits per heavy atom. The molecular weight excluding hydrogens is 250 g/mol. The van der Waals surface area contributed by atoms with Crippen LogP contribution in [0.5, 0.6) is 0 Å². The molecule has 0 N–H and O–H groups in total. The summed E-state index contributed by atoms with van der Waals surface area (Å²) in [6.45, 7) is 4.33. The van der Waals surface area contributed by atoms with Crippen LogP contribution < -0.4 is 0 Å². The van der Waals surface area contributed by atoms with Crippen LogP contribution >= 0.6 is 24.2 Å². The summed E-state index contributed by atoms with van der Waals surface area (Å²) in [5.41, 5.74) is 1.21. The lowest BCUT2D eigenvalue weighted by molar-refractivity contribution is 0.297. The van der Waals surface area contributed by atoms with E-state index in [-0.39, 0.29) is 0 Å². The van der Waals surface area contributed by atoms with Gasteiger partial charge in [-0.05, 0) is 49.7 Å². The lowest BCUT2D eigenvalue weighted by atomic mass is 10.0. The number of halogens is 1. The molecule has 0 aliphatic rings. The number of thiol groups is 1. The molecule has 96 valence electrons. The second kappa shape index (κ2) is 8.02. The van der Waals surface area contributed by atoms with Gasteiger partial charge in [-0.1, -0.05) is 36.7 Å². The van der Waals surface area contributed by atoms with Crippen molar-refractivity contribution in [1.29, 1.82) is 0 Å². The van der Waals surface area contributed by atoms with Gasteiger partial charge in [0.05, 0.1) is 0 Å². The van der Waals surface area contributed by atoms with Crippen LogP contribution in [0.2, 0.25) is 5.02 Å². The van der Waals surface area contributed by atoms with Crippen LogP contribution in [-0.4, -0.2) is 24.2 Å². The summed E-state index contributed by atoms with van der Waals surface area (Å²) in [5.74, 6) is 1.73. The molecule has 0 aliphatic carbocycles. The maximum Gasteiger partial charge on any atom is 0.0451 e. The Labute approximate surface area is 116 Å². The number of hydrogen-bond donors (Lipinski definition) is 1. The molecule has 0 heterocycles. The maximum absolute atomic E-state index is 6.14. The molecule has 3 heteroatoms. The Morgan fingerprint density at radius 1 is 1.29 bits per heavy atom. The van der Waals surface area contributed by atoms with E-state index >= 15 is 0 Å². The smallest absolute Gasteiger partial charge is 0.0451 e. The van der Waals surface area contributed by atoms with Crippen LogP contribution in [0.1, 0.15) is 25.3 Å². The summed E-state index contributed by atoms with van der Waals surface area (Å²) >= 11 is 10.4. The van der Waals surface area contributed by atoms with Crippen molar-refractivity contribution in [1.82, 2.24) is 4.90 Å². The van der Waals surface area contributed by atoms with Gasteiger partial charge < -0.3 is 4.90 Å². The van der Waals surface area contributed by atoms with Gasteiger partial charge in [-0.2, -0.15) is 12.6 Å². The predicted molar refractivity (Wildman–Crippen MR) is 80.0 cm³/mol. The third kappa shape index (κ3) is 5.80. The average Bonchev–Trinajstić information content (AvgIpc) is 2.30. The highest BCUT2D eigenvalue weighted by atomic mass is 35.5. The van der Waals surface area contributed by atoms with E-state index in [0.717, 1.165) is 29.8 Å². The number of nitrogens with zero attached hydrogens (tertiary/aromatic N) is 1. The van der Waals surface area contributed by atoms with E-state index in [0.29, 0.717) is 0 Å².